The van der Waals surface area contributed by atoms with Crippen molar-refractivity contribution in [1.29, 1.82) is 0 Å². The second kappa shape index (κ2) is 6.58. The van der Waals surface area contributed by atoms with Crippen LogP contribution in [0.25, 0.3) is 0 Å². The number of imide groups is 1. The highest BCUT2D eigenvalue weighted by Gasteiger charge is 2.24. The second-order valence-electron chi connectivity index (χ2n) is 4.22. The highest BCUT2D eigenvalue weighted by atomic mass is 16.2. The van der Waals surface area contributed by atoms with E-state index < -0.39 is 11.8 Å². The monoisotopic (exact) mass is 261 g/mol. The first-order valence-electron chi connectivity index (χ1n) is 5.81. The predicted octanol–water partition coefficient (Wildman–Crippen LogP) is 1.50. The summed E-state index contributed by atoms with van der Waals surface area (Å²) in [5, 5.41) is 0. The van der Waals surface area contributed by atoms with Crippen LogP contribution in [0.15, 0.2) is 30.3 Å². The van der Waals surface area contributed by atoms with Crippen LogP contribution in [0.5, 0.6) is 0 Å². The van der Waals surface area contributed by atoms with Crippen LogP contribution in [0.2, 0.25) is 0 Å². The van der Waals surface area contributed by atoms with Gasteiger partial charge in [-0.1, -0.05) is 18.2 Å². The van der Waals surface area contributed by atoms with E-state index in [0.717, 1.165) is 4.90 Å². The van der Waals surface area contributed by atoms with Gasteiger partial charge < -0.3 is 0 Å². The van der Waals surface area contributed by atoms with Gasteiger partial charge >= 0.3 is 0 Å². The number of hydrogen-bond acceptors (Lipinski definition) is 4. The highest BCUT2D eigenvalue weighted by Crippen LogP contribution is 2.16. The molecule has 100 valence electrons. The van der Waals surface area contributed by atoms with E-state index >= 15 is 0 Å². The van der Waals surface area contributed by atoms with E-state index in [1.54, 1.807) is 30.3 Å². The molecular formula is C14H15NO4. The van der Waals surface area contributed by atoms with Crippen molar-refractivity contribution in [2.24, 2.45) is 0 Å². The summed E-state index contributed by atoms with van der Waals surface area (Å²) in [5.41, 5.74) is 0.361. The van der Waals surface area contributed by atoms with Gasteiger partial charge in [0.1, 0.15) is 11.6 Å². The first-order chi connectivity index (χ1) is 8.91. The Morgan fingerprint density at radius 1 is 0.842 bits per heavy atom. The van der Waals surface area contributed by atoms with Gasteiger partial charge in [0, 0.05) is 0 Å². The third-order valence-corrected chi connectivity index (χ3v) is 2.31. The molecule has 0 radical (unpaired) electrons. The number of para-hydroxylation sites is 1. The number of hydrogen-bond donors (Lipinski definition) is 0. The van der Waals surface area contributed by atoms with Crippen LogP contribution in [0.3, 0.4) is 0 Å². The molecule has 0 aliphatic rings. The predicted molar refractivity (Wildman–Crippen MR) is 69.5 cm³/mol. The standard InChI is InChI=1S/C14H15NO4/c1-10(16)8-13(18)15(14(19)9-11(2)17)12-6-4-3-5-7-12/h3-7H,8-9H2,1-2H3. The summed E-state index contributed by atoms with van der Waals surface area (Å²) in [5.74, 6) is -1.90. The molecule has 0 heterocycles. The number of anilines is 1. The number of rotatable bonds is 5. The molecule has 0 atom stereocenters. The van der Waals surface area contributed by atoms with Crippen LogP contribution >= 0.6 is 0 Å². The fourth-order valence-corrected chi connectivity index (χ4v) is 1.59. The lowest BCUT2D eigenvalue weighted by Crippen LogP contribution is -2.38. The maximum atomic E-state index is 12.0. The first kappa shape index (κ1) is 14.8. The molecule has 1 aromatic carbocycles. The number of carbonyl (C=O) groups excluding carboxylic acids is 4. The number of ketones is 2. The van der Waals surface area contributed by atoms with Gasteiger partial charge in [-0.05, 0) is 26.0 Å². The minimum atomic E-state index is -0.620. The summed E-state index contributed by atoms with van der Waals surface area (Å²) in [6, 6.07) is 8.24. The van der Waals surface area contributed by atoms with E-state index in [-0.39, 0.29) is 24.4 Å². The van der Waals surface area contributed by atoms with E-state index in [4.69, 9.17) is 0 Å². The molecule has 0 aliphatic heterocycles. The van der Waals surface area contributed by atoms with Crippen molar-refractivity contribution in [3.63, 3.8) is 0 Å². The SMILES string of the molecule is CC(=O)CC(=O)N(C(=O)CC(C)=O)c1ccccc1. The van der Waals surface area contributed by atoms with Crippen LogP contribution in [0, 0.1) is 0 Å². The lowest BCUT2D eigenvalue weighted by Gasteiger charge is -2.20. The van der Waals surface area contributed by atoms with E-state index in [9.17, 15) is 19.2 Å². The molecule has 1 rings (SSSR count). The Morgan fingerprint density at radius 3 is 1.63 bits per heavy atom. The van der Waals surface area contributed by atoms with Crippen LogP contribution in [-0.2, 0) is 19.2 Å². The smallest absolute Gasteiger partial charge is 0.241 e. The Balaban J connectivity index is 3.04. The quantitative estimate of drug-likeness (QED) is 0.753. The third-order valence-electron chi connectivity index (χ3n) is 2.31. The minimum absolute atomic E-state index is 0.332. The van der Waals surface area contributed by atoms with Gasteiger partial charge in [-0.15, -0.1) is 0 Å². The third kappa shape index (κ3) is 4.46. The first-order valence-corrected chi connectivity index (χ1v) is 5.81. The number of Topliss-reactive ketones (excluding diaryl/α,β-unsaturated/α-hetero) is 2. The van der Waals surface area contributed by atoms with Crippen LogP contribution < -0.4 is 4.90 Å². The molecule has 1 aromatic rings. The zero-order valence-corrected chi connectivity index (χ0v) is 10.9. The van der Waals surface area contributed by atoms with Crippen LogP contribution in [0.4, 0.5) is 5.69 Å². The fraction of sp³-hybridized carbons (Fsp3) is 0.286. The van der Waals surface area contributed by atoms with Crippen LogP contribution in [0.1, 0.15) is 26.7 Å². The van der Waals surface area contributed by atoms with Gasteiger partial charge in [0.25, 0.3) is 0 Å². The minimum Gasteiger partial charge on any atom is -0.299 e. The molecule has 5 nitrogen and oxygen atoms in total. The molecule has 0 aliphatic carbocycles. The number of benzene rings is 1. The molecular weight excluding hydrogens is 246 g/mol. The average molecular weight is 261 g/mol. The van der Waals surface area contributed by atoms with Crippen molar-refractivity contribution in [3.8, 4) is 0 Å². The fourth-order valence-electron chi connectivity index (χ4n) is 1.59. The van der Waals surface area contributed by atoms with Gasteiger partial charge in [0.2, 0.25) is 11.8 Å². The van der Waals surface area contributed by atoms with Gasteiger partial charge in [0.05, 0.1) is 18.5 Å². The normalized spacial score (nSPS) is 9.79. The Bertz CT molecular complexity index is 479. The molecule has 5 heteroatoms. The van der Waals surface area contributed by atoms with Crippen LogP contribution in [-0.4, -0.2) is 23.4 Å². The highest BCUT2D eigenvalue weighted by molar-refractivity contribution is 6.21. The Kier molecular flexibility index (Phi) is 5.11. The maximum absolute atomic E-state index is 12.0. The maximum Gasteiger partial charge on any atom is 0.241 e. The lowest BCUT2D eigenvalue weighted by atomic mass is 10.2. The number of amides is 2. The van der Waals surface area contributed by atoms with Crippen molar-refractivity contribution in [1.82, 2.24) is 0 Å². The Labute approximate surface area is 111 Å². The molecule has 0 saturated carbocycles. The zero-order chi connectivity index (χ0) is 14.4. The second-order valence-corrected chi connectivity index (χ2v) is 4.22. The molecule has 0 fully saturated rings. The Hall–Kier alpha value is -2.30. The van der Waals surface area contributed by atoms with Gasteiger partial charge in [-0.3, -0.25) is 19.2 Å². The molecule has 0 N–H and O–H groups in total. The van der Waals surface area contributed by atoms with Gasteiger partial charge in [0.15, 0.2) is 0 Å². The zero-order valence-electron chi connectivity index (χ0n) is 10.9. The number of nitrogens with zero attached hydrogens (tertiary/aromatic N) is 1. The topological polar surface area (TPSA) is 71.5 Å². The van der Waals surface area contributed by atoms with E-state index in [1.165, 1.54) is 13.8 Å². The molecule has 0 spiro atoms. The largest absolute Gasteiger partial charge is 0.299 e. The molecule has 0 aromatic heterocycles. The van der Waals surface area contributed by atoms with E-state index in [2.05, 4.69) is 0 Å². The Morgan fingerprint density at radius 2 is 1.26 bits per heavy atom. The molecule has 2 amide bonds. The lowest BCUT2D eigenvalue weighted by molar-refractivity contribution is -0.130. The molecule has 19 heavy (non-hydrogen) atoms. The van der Waals surface area contributed by atoms with E-state index in [1.807, 2.05) is 0 Å². The van der Waals surface area contributed by atoms with Gasteiger partial charge in [-0.2, -0.15) is 0 Å². The van der Waals surface area contributed by atoms with Crippen molar-refractivity contribution >= 4 is 29.1 Å². The number of carbonyl (C=O) groups is 4. The summed E-state index contributed by atoms with van der Waals surface area (Å²) in [6.07, 6.45) is -0.725. The van der Waals surface area contributed by atoms with Crippen molar-refractivity contribution < 1.29 is 19.2 Å². The van der Waals surface area contributed by atoms with Crippen molar-refractivity contribution in [3.05, 3.63) is 30.3 Å². The average Bonchev–Trinajstić information content (AvgIpc) is 2.28. The van der Waals surface area contributed by atoms with Crippen molar-refractivity contribution in [2.45, 2.75) is 26.7 Å². The van der Waals surface area contributed by atoms with Gasteiger partial charge in [-0.25, -0.2) is 4.90 Å². The summed E-state index contributed by atoms with van der Waals surface area (Å²) in [4.78, 5) is 46.8. The summed E-state index contributed by atoms with van der Waals surface area (Å²) >= 11 is 0. The molecule has 0 bridgehead atoms. The molecule has 0 saturated heterocycles. The molecule has 0 unspecified atom stereocenters. The summed E-state index contributed by atoms with van der Waals surface area (Å²) < 4.78 is 0. The summed E-state index contributed by atoms with van der Waals surface area (Å²) in [7, 11) is 0. The van der Waals surface area contributed by atoms with Crippen molar-refractivity contribution in [2.75, 3.05) is 4.90 Å². The van der Waals surface area contributed by atoms with E-state index in [0.29, 0.717) is 5.69 Å². The summed E-state index contributed by atoms with van der Waals surface area (Å²) in [6.45, 7) is 2.55.